The molecular formula is C11H12N4O2. The van der Waals surface area contributed by atoms with Gasteiger partial charge in [-0.15, -0.1) is 0 Å². The molecule has 0 radical (unpaired) electrons. The average molecular weight is 232 g/mol. The maximum atomic E-state index is 10.9. The molecule has 17 heavy (non-hydrogen) atoms. The van der Waals surface area contributed by atoms with Crippen LogP contribution in [0.15, 0.2) is 30.6 Å². The highest BCUT2D eigenvalue weighted by Crippen LogP contribution is 2.16. The van der Waals surface area contributed by atoms with Crippen molar-refractivity contribution in [3.05, 3.63) is 36.4 Å². The Kier molecular flexibility index (Phi) is 3.15. The summed E-state index contributed by atoms with van der Waals surface area (Å²) in [5.41, 5.74) is 1.42. The van der Waals surface area contributed by atoms with Crippen LogP contribution in [-0.2, 0) is 4.79 Å². The third kappa shape index (κ3) is 2.31. The summed E-state index contributed by atoms with van der Waals surface area (Å²) in [6.45, 7) is 0. The van der Waals surface area contributed by atoms with E-state index in [-0.39, 0.29) is 0 Å². The fourth-order valence-corrected chi connectivity index (χ4v) is 1.51. The smallest absolute Gasteiger partial charge is 0.328 e. The second-order valence-electron chi connectivity index (χ2n) is 3.46. The quantitative estimate of drug-likeness (QED) is 0.725. The van der Waals surface area contributed by atoms with Gasteiger partial charge in [0.15, 0.2) is 6.04 Å². The summed E-state index contributed by atoms with van der Waals surface area (Å²) < 4.78 is 0. The highest BCUT2D eigenvalue weighted by Gasteiger charge is 2.20. The molecule has 0 saturated heterocycles. The van der Waals surface area contributed by atoms with Gasteiger partial charge in [0.2, 0.25) is 0 Å². The van der Waals surface area contributed by atoms with Crippen LogP contribution in [0.5, 0.6) is 0 Å². The molecule has 1 atom stereocenters. The molecule has 2 heterocycles. The first-order valence-electron chi connectivity index (χ1n) is 5.08. The molecular weight excluding hydrogens is 220 g/mol. The van der Waals surface area contributed by atoms with Gasteiger partial charge in [-0.2, -0.15) is 0 Å². The Balaban J connectivity index is 2.30. The molecule has 88 valence electrons. The number of H-pyrrole nitrogens is 1. The van der Waals surface area contributed by atoms with Gasteiger partial charge in [-0.05, 0) is 19.2 Å². The number of pyridine rings is 1. The maximum absolute atomic E-state index is 10.9. The highest BCUT2D eigenvalue weighted by atomic mass is 16.4. The topological polar surface area (TPSA) is 90.9 Å². The van der Waals surface area contributed by atoms with Crippen LogP contribution in [0.3, 0.4) is 0 Å². The summed E-state index contributed by atoms with van der Waals surface area (Å²) >= 11 is 0. The molecule has 3 N–H and O–H groups in total. The van der Waals surface area contributed by atoms with Gasteiger partial charge in [0.25, 0.3) is 0 Å². The zero-order valence-electron chi connectivity index (χ0n) is 9.21. The van der Waals surface area contributed by atoms with Crippen LogP contribution in [-0.4, -0.2) is 33.1 Å². The predicted molar refractivity (Wildman–Crippen MR) is 61.3 cm³/mol. The van der Waals surface area contributed by atoms with Gasteiger partial charge in [0, 0.05) is 6.20 Å². The molecule has 0 bridgehead atoms. The van der Waals surface area contributed by atoms with Crippen molar-refractivity contribution in [2.24, 2.45) is 0 Å². The van der Waals surface area contributed by atoms with E-state index in [4.69, 9.17) is 5.11 Å². The number of nitrogens with zero attached hydrogens (tertiary/aromatic N) is 2. The van der Waals surface area contributed by atoms with Crippen molar-refractivity contribution < 1.29 is 9.90 Å². The first-order chi connectivity index (χ1) is 8.22. The largest absolute Gasteiger partial charge is 0.480 e. The van der Waals surface area contributed by atoms with Crippen molar-refractivity contribution in [1.29, 1.82) is 0 Å². The number of hydrogen-bond acceptors (Lipinski definition) is 4. The maximum Gasteiger partial charge on any atom is 0.328 e. The van der Waals surface area contributed by atoms with E-state index in [9.17, 15) is 4.79 Å². The number of likely N-dealkylation sites (N-methyl/N-ethyl adjacent to an activating group) is 1. The molecule has 2 aromatic heterocycles. The minimum atomic E-state index is -0.977. The molecule has 0 fully saturated rings. The van der Waals surface area contributed by atoms with Gasteiger partial charge >= 0.3 is 5.97 Å². The highest BCUT2D eigenvalue weighted by molar-refractivity contribution is 5.74. The van der Waals surface area contributed by atoms with Crippen LogP contribution in [0.4, 0.5) is 0 Å². The summed E-state index contributed by atoms with van der Waals surface area (Å²) in [4.78, 5) is 22.1. The first-order valence-corrected chi connectivity index (χ1v) is 5.08. The second-order valence-corrected chi connectivity index (χ2v) is 3.46. The van der Waals surface area contributed by atoms with Crippen molar-refractivity contribution in [3.63, 3.8) is 0 Å². The minimum absolute atomic E-state index is 0.362. The van der Waals surface area contributed by atoms with Crippen LogP contribution in [0, 0.1) is 0 Å². The normalized spacial score (nSPS) is 12.3. The lowest BCUT2D eigenvalue weighted by atomic mass is 10.3. The lowest BCUT2D eigenvalue weighted by molar-refractivity contribution is -0.139. The molecule has 0 aliphatic carbocycles. The first kappa shape index (κ1) is 11.3. The van der Waals surface area contributed by atoms with Crippen LogP contribution >= 0.6 is 0 Å². The van der Waals surface area contributed by atoms with Gasteiger partial charge in [0.05, 0.1) is 17.6 Å². The summed E-state index contributed by atoms with van der Waals surface area (Å²) in [5, 5.41) is 11.6. The van der Waals surface area contributed by atoms with Gasteiger partial charge in [-0.1, -0.05) is 6.07 Å². The van der Waals surface area contributed by atoms with Crippen molar-refractivity contribution in [2.45, 2.75) is 6.04 Å². The Morgan fingerprint density at radius 2 is 2.29 bits per heavy atom. The molecule has 0 spiro atoms. The summed E-state index contributed by atoms with van der Waals surface area (Å²) in [6.07, 6.45) is 3.24. The van der Waals surface area contributed by atoms with E-state index in [1.54, 1.807) is 19.4 Å². The Morgan fingerprint density at radius 3 is 2.88 bits per heavy atom. The number of imidazole rings is 1. The Morgan fingerprint density at radius 1 is 1.47 bits per heavy atom. The number of rotatable bonds is 4. The molecule has 6 nitrogen and oxygen atoms in total. The lowest BCUT2D eigenvalue weighted by Gasteiger charge is -2.06. The number of aliphatic carboxylic acids is 1. The molecule has 0 amide bonds. The predicted octanol–water partition coefficient (Wildman–Crippen LogP) is 0.817. The molecule has 0 aliphatic rings. The fraction of sp³-hybridized carbons (Fsp3) is 0.182. The van der Waals surface area contributed by atoms with Gasteiger partial charge in [-0.25, -0.2) is 4.98 Å². The number of carboxylic acids is 1. The number of hydrogen-bond donors (Lipinski definition) is 3. The van der Waals surface area contributed by atoms with E-state index in [2.05, 4.69) is 20.3 Å². The molecule has 6 heteroatoms. The fourth-order valence-electron chi connectivity index (χ4n) is 1.51. The van der Waals surface area contributed by atoms with Crippen molar-refractivity contribution in [1.82, 2.24) is 20.3 Å². The lowest BCUT2D eigenvalue weighted by Crippen LogP contribution is -2.26. The summed E-state index contributed by atoms with van der Waals surface area (Å²) in [7, 11) is 1.57. The Hall–Kier alpha value is -2.21. The molecule has 0 aliphatic heterocycles. The molecule has 2 rings (SSSR count). The summed E-state index contributed by atoms with van der Waals surface area (Å²) in [6, 6.07) is 4.66. The van der Waals surface area contributed by atoms with Crippen LogP contribution in [0.2, 0.25) is 0 Å². The molecule has 2 aromatic rings. The minimum Gasteiger partial charge on any atom is -0.480 e. The average Bonchev–Trinajstić information content (AvgIpc) is 2.80. The van der Waals surface area contributed by atoms with E-state index < -0.39 is 12.0 Å². The van der Waals surface area contributed by atoms with E-state index in [0.29, 0.717) is 11.5 Å². The van der Waals surface area contributed by atoms with Crippen molar-refractivity contribution in [3.8, 4) is 11.4 Å². The Labute approximate surface area is 97.7 Å². The van der Waals surface area contributed by atoms with E-state index in [1.165, 1.54) is 0 Å². The molecule has 0 aromatic carbocycles. The number of carbonyl (C=O) groups is 1. The SMILES string of the molecule is CNC(C(=O)O)c1ncc(-c2ccccn2)[nH]1. The third-order valence-electron chi connectivity index (χ3n) is 2.35. The monoisotopic (exact) mass is 232 g/mol. The standard InChI is InChI=1S/C11H12N4O2/c1-12-9(11(16)17)10-14-6-8(15-10)7-4-2-3-5-13-7/h2-6,9,12H,1H3,(H,14,15)(H,16,17). The zero-order chi connectivity index (χ0) is 12.3. The van der Waals surface area contributed by atoms with Crippen LogP contribution in [0.25, 0.3) is 11.4 Å². The van der Waals surface area contributed by atoms with Gasteiger partial charge < -0.3 is 15.4 Å². The van der Waals surface area contributed by atoms with Crippen molar-refractivity contribution in [2.75, 3.05) is 7.05 Å². The van der Waals surface area contributed by atoms with E-state index >= 15 is 0 Å². The Bertz CT molecular complexity index is 509. The number of carboxylic acid groups (broad SMARTS) is 1. The second kappa shape index (κ2) is 4.75. The summed E-state index contributed by atoms with van der Waals surface area (Å²) in [5.74, 6) is -0.616. The molecule has 0 saturated carbocycles. The van der Waals surface area contributed by atoms with E-state index in [1.807, 2.05) is 18.2 Å². The third-order valence-corrected chi connectivity index (χ3v) is 2.35. The van der Waals surface area contributed by atoms with Crippen LogP contribution in [0.1, 0.15) is 11.9 Å². The van der Waals surface area contributed by atoms with Crippen molar-refractivity contribution >= 4 is 5.97 Å². The van der Waals surface area contributed by atoms with Crippen LogP contribution < -0.4 is 5.32 Å². The van der Waals surface area contributed by atoms with Gasteiger partial charge in [-0.3, -0.25) is 9.78 Å². The van der Waals surface area contributed by atoms with E-state index in [0.717, 1.165) is 5.69 Å². The van der Waals surface area contributed by atoms with Gasteiger partial charge in [0.1, 0.15) is 5.82 Å². The zero-order valence-corrected chi connectivity index (χ0v) is 9.21. The molecule has 1 unspecified atom stereocenters. The number of nitrogens with one attached hydrogen (secondary N) is 2. The number of aromatic nitrogens is 3. The number of aromatic amines is 1.